The highest BCUT2D eigenvalue weighted by Crippen LogP contribution is 2.37. The minimum absolute atomic E-state index is 0.0735. The molecule has 2 aliphatic heterocycles. The highest BCUT2D eigenvalue weighted by Gasteiger charge is 2.43. The first-order valence-electron chi connectivity index (χ1n) is 9.00. The number of nitrogens with zero attached hydrogens (tertiary/aromatic N) is 3. The smallest absolute Gasteiger partial charge is 0.259 e. The number of carbonyl (C=O) groups is 1. The number of hydrogen-bond donors (Lipinski definition) is 0. The summed E-state index contributed by atoms with van der Waals surface area (Å²) in [5.74, 6) is 1.64. The molecule has 0 bridgehead atoms. The summed E-state index contributed by atoms with van der Waals surface area (Å²) >= 11 is 1.53. The summed E-state index contributed by atoms with van der Waals surface area (Å²) < 4.78 is 16.8. The van der Waals surface area contributed by atoms with Crippen LogP contribution in [0.2, 0.25) is 0 Å². The largest absolute Gasteiger partial charge is 0.381 e. The van der Waals surface area contributed by atoms with Crippen LogP contribution in [0.4, 0.5) is 0 Å². The third-order valence-electron chi connectivity index (χ3n) is 5.44. The lowest BCUT2D eigenvalue weighted by atomic mass is 9.90. The summed E-state index contributed by atoms with van der Waals surface area (Å²) in [6.07, 6.45) is 3.13. The summed E-state index contributed by atoms with van der Waals surface area (Å²) in [4.78, 5) is 19.1. The molecule has 8 heteroatoms. The molecule has 2 saturated heterocycles. The number of ether oxygens (including phenoxy) is 2. The monoisotopic (exact) mass is 377 g/mol. The van der Waals surface area contributed by atoms with Gasteiger partial charge in [-0.2, -0.15) is 16.3 Å². The van der Waals surface area contributed by atoms with Crippen LogP contribution >= 0.6 is 11.3 Å². The summed E-state index contributed by atoms with van der Waals surface area (Å²) in [6, 6.07) is 1.86. The third kappa shape index (κ3) is 3.28. The average molecular weight is 377 g/mol. The third-order valence-corrected chi connectivity index (χ3v) is 6.12. The van der Waals surface area contributed by atoms with E-state index in [0.717, 1.165) is 37.4 Å². The van der Waals surface area contributed by atoms with E-state index in [2.05, 4.69) is 10.1 Å². The zero-order chi connectivity index (χ0) is 18.0. The van der Waals surface area contributed by atoms with Gasteiger partial charge in [-0.05, 0) is 24.3 Å². The molecular weight excluding hydrogens is 354 g/mol. The van der Waals surface area contributed by atoms with E-state index in [0.29, 0.717) is 31.8 Å². The van der Waals surface area contributed by atoms with Gasteiger partial charge in [0.25, 0.3) is 11.8 Å². The second kappa shape index (κ2) is 7.46. The Balaban J connectivity index is 1.45. The Hall–Kier alpha value is -1.77. The number of methoxy groups -OCH3 is 1. The van der Waals surface area contributed by atoms with Gasteiger partial charge in [-0.15, -0.1) is 0 Å². The van der Waals surface area contributed by atoms with Crippen molar-refractivity contribution in [2.75, 3.05) is 33.4 Å². The molecule has 0 N–H and O–H groups in total. The lowest BCUT2D eigenvalue weighted by Crippen LogP contribution is -2.46. The summed E-state index contributed by atoms with van der Waals surface area (Å²) in [6.45, 7) is 2.70. The van der Waals surface area contributed by atoms with Crippen molar-refractivity contribution in [1.29, 1.82) is 0 Å². The number of amides is 1. The van der Waals surface area contributed by atoms with Gasteiger partial charge in [-0.1, -0.05) is 5.16 Å². The van der Waals surface area contributed by atoms with E-state index in [1.165, 1.54) is 11.3 Å². The van der Waals surface area contributed by atoms with E-state index in [9.17, 15) is 4.79 Å². The van der Waals surface area contributed by atoms with Crippen LogP contribution in [-0.2, 0) is 15.1 Å². The Morgan fingerprint density at radius 3 is 2.77 bits per heavy atom. The molecule has 4 rings (SSSR count). The Bertz CT molecular complexity index is 731. The first-order valence-corrected chi connectivity index (χ1v) is 9.94. The standard InChI is InChI=1S/C18H23N3O4S/c1-23-18(17-19-15(20-25-17)13-2-9-24-10-3-13)5-7-21(8-6-18)16(22)14-4-11-26-12-14/h4,11-13H,2-3,5-10H2,1H3. The highest BCUT2D eigenvalue weighted by molar-refractivity contribution is 7.08. The van der Waals surface area contributed by atoms with Gasteiger partial charge in [-0.25, -0.2) is 0 Å². The van der Waals surface area contributed by atoms with E-state index in [1.54, 1.807) is 7.11 Å². The van der Waals surface area contributed by atoms with Crippen molar-refractivity contribution >= 4 is 17.2 Å². The van der Waals surface area contributed by atoms with Gasteiger partial charge in [0.1, 0.15) is 5.60 Å². The molecule has 0 radical (unpaired) electrons. The zero-order valence-electron chi connectivity index (χ0n) is 14.8. The van der Waals surface area contributed by atoms with Gasteiger partial charge in [0, 0.05) is 57.6 Å². The van der Waals surface area contributed by atoms with Crippen molar-refractivity contribution in [1.82, 2.24) is 15.0 Å². The maximum Gasteiger partial charge on any atom is 0.259 e. The number of aromatic nitrogens is 2. The SMILES string of the molecule is COC1(c2nc(C3CCOCC3)no2)CCN(C(=O)c2ccsc2)CC1. The molecule has 2 aromatic rings. The van der Waals surface area contributed by atoms with Crippen LogP contribution in [0.25, 0.3) is 0 Å². The van der Waals surface area contributed by atoms with Crippen LogP contribution in [0.15, 0.2) is 21.3 Å². The predicted molar refractivity (Wildman–Crippen MR) is 95.2 cm³/mol. The zero-order valence-corrected chi connectivity index (χ0v) is 15.7. The molecule has 1 amide bonds. The fraction of sp³-hybridized carbons (Fsp3) is 0.611. The Morgan fingerprint density at radius 2 is 2.12 bits per heavy atom. The fourth-order valence-corrected chi connectivity index (χ4v) is 4.32. The molecule has 0 unspecified atom stereocenters. The number of thiophene rings is 1. The maximum atomic E-state index is 12.5. The molecule has 2 aliphatic rings. The van der Waals surface area contributed by atoms with Crippen LogP contribution in [0.5, 0.6) is 0 Å². The van der Waals surface area contributed by atoms with Crippen molar-refractivity contribution < 1.29 is 18.8 Å². The number of piperidine rings is 1. The highest BCUT2D eigenvalue weighted by atomic mass is 32.1. The second-order valence-electron chi connectivity index (χ2n) is 6.85. The Morgan fingerprint density at radius 1 is 1.35 bits per heavy atom. The van der Waals surface area contributed by atoms with Gasteiger partial charge < -0.3 is 18.9 Å². The minimum Gasteiger partial charge on any atom is -0.381 e. The molecule has 0 atom stereocenters. The summed E-state index contributed by atoms with van der Waals surface area (Å²) in [5, 5.41) is 8.01. The van der Waals surface area contributed by atoms with Crippen molar-refractivity contribution in [3.05, 3.63) is 34.1 Å². The van der Waals surface area contributed by atoms with Gasteiger partial charge in [0.15, 0.2) is 5.82 Å². The lowest BCUT2D eigenvalue weighted by Gasteiger charge is -2.38. The molecule has 0 saturated carbocycles. The number of hydrogen-bond acceptors (Lipinski definition) is 7. The molecule has 2 fully saturated rings. The molecule has 0 spiro atoms. The van der Waals surface area contributed by atoms with Crippen LogP contribution in [-0.4, -0.2) is 54.4 Å². The van der Waals surface area contributed by atoms with Crippen LogP contribution in [0.3, 0.4) is 0 Å². The first-order chi connectivity index (χ1) is 12.7. The van der Waals surface area contributed by atoms with E-state index in [-0.39, 0.29) is 11.8 Å². The molecule has 2 aromatic heterocycles. The van der Waals surface area contributed by atoms with E-state index in [1.807, 2.05) is 21.7 Å². The number of rotatable bonds is 4. The summed E-state index contributed by atoms with van der Waals surface area (Å²) in [7, 11) is 1.68. The van der Waals surface area contributed by atoms with E-state index < -0.39 is 5.60 Å². The average Bonchev–Trinajstić information content (AvgIpc) is 3.40. The fourth-order valence-electron chi connectivity index (χ4n) is 3.69. The molecule has 4 heterocycles. The topological polar surface area (TPSA) is 77.7 Å². The van der Waals surface area contributed by atoms with Gasteiger partial charge in [0.2, 0.25) is 0 Å². The Kier molecular flexibility index (Phi) is 5.06. The minimum atomic E-state index is -0.609. The normalized spacial score (nSPS) is 21.0. The van der Waals surface area contributed by atoms with Crippen molar-refractivity contribution in [3.8, 4) is 0 Å². The van der Waals surface area contributed by atoms with Gasteiger partial charge in [0.05, 0.1) is 5.56 Å². The summed E-state index contributed by atoms with van der Waals surface area (Å²) in [5.41, 5.74) is 0.140. The predicted octanol–water partition coefficient (Wildman–Crippen LogP) is 2.80. The molecule has 0 aromatic carbocycles. The maximum absolute atomic E-state index is 12.5. The van der Waals surface area contributed by atoms with Gasteiger partial charge in [-0.3, -0.25) is 4.79 Å². The van der Waals surface area contributed by atoms with Gasteiger partial charge >= 0.3 is 0 Å². The number of carbonyl (C=O) groups excluding carboxylic acids is 1. The Labute approximate surface area is 156 Å². The van der Waals surface area contributed by atoms with E-state index in [4.69, 9.17) is 14.0 Å². The first kappa shape index (κ1) is 17.6. The molecule has 0 aliphatic carbocycles. The van der Waals surface area contributed by atoms with Crippen LogP contribution < -0.4 is 0 Å². The molecule has 140 valence electrons. The lowest BCUT2D eigenvalue weighted by molar-refractivity contribution is -0.0779. The van der Waals surface area contributed by atoms with Crippen LogP contribution in [0, 0.1) is 0 Å². The van der Waals surface area contributed by atoms with Crippen molar-refractivity contribution in [2.45, 2.75) is 37.2 Å². The van der Waals surface area contributed by atoms with Crippen LogP contribution in [0.1, 0.15) is 53.7 Å². The molecular formula is C18H23N3O4S. The molecule has 7 nitrogen and oxygen atoms in total. The number of likely N-dealkylation sites (tertiary alicyclic amines) is 1. The van der Waals surface area contributed by atoms with Crippen molar-refractivity contribution in [2.24, 2.45) is 0 Å². The molecule has 26 heavy (non-hydrogen) atoms. The van der Waals surface area contributed by atoms with E-state index >= 15 is 0 Å². The van der Waals surface area contributed by atoms with Crippen molar-refractivity contribution in [3.63, 3.8) is 0 Å². The quantitative estimate of drug-likeness (QED) is 0.815. The second-order valence-corrected chi connectivity index (χ2v) is 7.63.